The molecular weight excluding hydrogens is 1080 g/mol. The molecule has 6 amide bonds. The molecule has 1 saturated carbocycles. The molecular formula is C70H90N8O8. The fraction of sp³-hybridized carbons (Fsp3) is 0.429. The van der Waals surface area contributed by atoms with Crippen LogP contribution in [-0.4, -0.2) is 96.7 Å². The van der Waals surface area contributed by atoms with E-state index in [-0.39, 0.29) is 48.2 Å². The van der Waals surface area contributed by atoms with E-state index in [4.69, 9.17) is 18.9 Å². The van der Waals surface area contributed by atoms with Crippen LogP contribution in [0.5, 0.6) is 34.5 Å². The number of hydrogen-bond donors (Lipinski definition) is 6. The summed E-state index contributed by atoms with van der Waals surface area (Å²) in [4.78, 5) is 55.3. The van der Waals surface area contributed by atoms with E-state index in [9.17, 15) is 19.2 Å². The maximum absolute atomic E-state index is 12.9. The maximum Gasteiger partial charge on any atom is 0.319 e. The van der Waals surface area contributed by atoms with Crippen molar-refractivity contribution in [3.8, 4) is 34.5 Å². The summed E-state index contributed by atoms with van der Waals surface area (Å²) in [5, 5.41) is 17.6. The van der Waals surface area contributed by atoms with Crippen molar-refractivity contribution in [2.45, 2.75) is 162 Å². The van der Waals surface area contributed by atoms with Gasteiger partial charge in [-0.15, -0.1) is 0 Å². The average molecular weight is 1170 g/mol. The predicted octanol–water partition coefficient (Wildman–Crippen LogP) is 15.7. The fourth-order valence-corrected chi connectivity index (χ4v) is 11.2. The number of hydrogen-bond acceptors (Lipinski definition) is 10. The first-order valence-corrected chi connectivity index (χ1v) is 31.3. The second kappa shape index (κ2) is 32.4. The molecule has 16 heteroatoms. The SMILES string of the molecule is CCC(CC)NC(=O)Nc1ccc(Oc2ccc(NC(=O)c3ccc(OC4CCN(C5CCCC5)CC4)cc3)cc2C)cc1.CCCN1CCC(Oc2ccc(C(=O)Nc3ccc(Oc4ccc(NC(=O)NC(CC)CC)cc4)c(C)c3)cc2)CC1. The second-order valence-electron chi connectivity index (χ2n) is 22.8. The average Bonchev–Trinajstić information content (AvgIpc) is 4.22. The van der Waals surface area contributed by atoms with Gasteiger partial charge >= 0.3 is 12.1 Å². The van der Waals surface area contributed by atoms with Crippen molar-refractivity contribution >= 4 is 46.6 Å². The zero-order valence-corrected chi connectivity index (χ0v) is 51.5. The number of aryl methyl sites for hydroxylation is 2. The molecule has 0 spiro atoms. The summed E-state index contributed by atoms with van der Waals surface area (Å²) in [7, 11) is 0. The Bertz CT molecular complexity index is 3090. The number of nitrogens with zero attached hydrogens (tertiary/aromatic N) is 2. The lowest BCUT2D eigenvalue weighted by molar-refractivity contribution is 0.0768. The minimum atomic E-state index is -0.214. The Morgan fingerprint density at radius 1 is 0.453 bits per heavy atom. The van der Waals surface area contributed by atoms with Crippen LogP contribution >= 0.6 is 0 Å². The van der Waals surface area contributed by atoms with Crippen LogP contribution in [0.25, 0.3) is 0 Å². The predicted molar refractivity (Wildman–Crippen MR) is 345 cm³/mol. The zero-order valence-electron chi connectivity index (χ0n) is 51.5. The Kier molecular flexibility index (Phi) is 24.1. The zero-order chi connectivity index (χ0) is 60.8. The Balaban J connectivity index is 0.000000224. The van der Waals surface area contributed by atoms with Crippen LogP contribution in [0, 0.1) is 13.8 Å². The molecule has 2 saturated heterocycles. The van der Waals surface area contributed by atoms with E-state index in [1.807, 2.05) is 123 Å². The third-order valence-corrected chi connectivity index (χ3v) is 16.4. The molecule has 2 aliphatic heterocycles. The standard InChI is InChI=1S/C36H46N4O4.C34H44N4O4/c1-4-27(5-2)38-36(42)39-28-12-17-32(18-13-28)44-34-19-14-29(24-25(34)3)37-35(41)26-10-15-31(16-11-26)43-33-20-22-40(23-21-33)30-8-6-7-9-30;1-5-20-38-21-18-31(19-22-38)41-29-13-8-25(9-14-29)33(39)35-28-12-17-32(24(4)23-28)42-30-15-10-27(11-16-30)37-34(40)36-26(6-2)7-3/h10-19,24,27,30,33H,4-9,20-23H2,1-3H3,(H,37,41)(H2,38,39,42);8-17,23,26,31H,5-7,18-22H2,1-4H3,(H,35,39)(H2,36,37,40). The lowest BCUT2D eigenvalue weighted by Crippen LogP contribution is -2.43. The maximum atomic E-state index is 12.9. The van der Waals surface area contributed by atoms with Gasteiger partial charge in [-0.1, -0.05) is 47.5 Å². The first kappa shape index (κ1) is 63.9. The normalized spacial score (nSPS) is 15.0. The van der Waals surface area contributed by atoms with E-state index in [2.05, 4.69) is 76.3 Å². The summed E-state index contributed by atoms with van der Waals surface area (Å²) in [6.45, 7) is 19.8. The number of ether oxygens (including phenoxy) is 4. The van der Waals surface area contributed by atoms with E-state index in [1.165, 1.54) is 32.1 Å². The highest BCUT2D eigenvalue weighted by molar-refractivity contribution is 6.05. The van der Waals surface area contributed by atoms with Crippen LogP contribution in [0.2, 0.25) is 0 Å². The lowest BCUT2D eigenvalue weighted by atomic mass is 10.0. The highest BCUT2D eigenvalue weighted by Crippen LogP contribution is 2.32. The molecule has 16 nitrogen and oxygen atoms in total. The van der Waals surface area contributed by atoms with Crippen molar-refractivity contribution in [3.63, 3.8) is 0 Å². The summed E-state index contributed by atoms with van der Waals surface area (Å²) in [6.07, 6.45) is 14.8. The Morgan fingerprint density at radius 3 is 1.20 bits per heavy atom. The number of carbonyl (C=O) groups excluding carboxylic acids is 4. The lowest BCUT2D eigenvalue weighted by Gasteiger charge is -2.36. The number of urea groups is 2. The molecule has 2 heterocycles. The van der Waals surface area contributed by atoms with Crippen LogP contribution in [0.1, 0.15) is 150 Å². The fourth-order valence-electron chi connectivity index (χ4n) is 11.2. The van der Waals surface area contributed by atoms with Gasteiger partial charge in [0, 0.05) is 78.2 Å². The molecule has 3 aliphatic rings. The van der Waals surface area contributed by atoms with Crippen molar-refractivity contribution in [2.75, 3.05) is 54.0 Å². The summed E-state index contributed by atoms with van der Waals surface area (Å²) in [6, 6.07) is 41.0. The Labute approximate surface area is 509 Å². The van der Waals surface area contributed by atoms with Gasteiger partial charge in [0.1, 0.15) is 46.7 Å². The number of carbonyl (C=O) groups is 4. The van der Waals surface area contributed by atoms with Crippen LogP contribution in [0.3, 0.4) is 0 Å². The molecule has 9 rings (SSSR count). The number of nitrogens with one attached hydrogen (secondary N) is 6. The topological polar surface area (TPSA) is 184 Å². The second-order valence-corrected chi connectivity index (χ2v) is 22.8. The molecule has 6 aromatic carbocycles. The van der Waals surface area contributed by atoms with Crippen molar-refractivity contribution in [3.05, 3.63) is 156 Å². The number of rotatable bonds is 23. The van der Waals surface area contributed by atoms with E-state index < -0.39 is 0 Å². The van der Waals surface area contributed by atoms with Crippen LogP contribution in [0.15, 0.2) is 133 Å². The van der Waals surface area contributed by atoms with E-state index in [1.54, 1.807) is 24.3 Å². The molecule has 0 radical (unpaired) electrons. The number of piperidine rings is 2. The summed E-state index contributed by atoms with van der Waals surface area (Å²) < 4.78 is 24.5. The molecule has 0 atom stereocenters. The molecule has 6 aromatic rings. The molecule has 0 unspecified atom stereocenters. The van der Waals surface area contributed by atoms with Crippen molar-refractivity contribution < 1.29 is 38.1 Å². The Hall–Kier alpha value is -8.08. The number of amides is 6. The van der Waals surface area contributed by atoms with E-state index >= 15 is 0 Å². The van der Waals surface area contributed by atoms with Gasteiger partial charge in [0.2, 0.25) is 0 Å². The molecule has 3 fully saturated rings. The molecule has 0 aromatic heterocycles. The summed E-state index contributed by atoms with van der Waals surface area (Å²) in [5.74, 6) is 3.92. The first-order valence-electron chi connectivity index (χ1n) is 31.3. The number of benzene rings is 6. The van der Waals surface area contributed by atoms with Crippen LogP contribution in [0.4, 0.5) is 32.3 Å². The summed E-state index contributed by atoms with van der Waals surface area (Å²) >= 11 is 0. The highest BCUT2D eigenvalue weighted by atomic mass is 16.5. The number of anilines is 4. The minimum absolute atomic E-state index is 0.159. The highest BCUT2D eigenvalue weighted by Gasteiger charge is 2.28. The third-order valence-electron chi connectivity index (χ3n) is 16.4. The quantitative estimate of drug-likeness (QED) is 0.0361. The van der Waals surface area contributed by atoms with Gasteiger partial charge in [-0.3, -0.25) is 9.59 Å². The number of likely N-dealkylation sites (tertiary alicyclic amines) is 2. The minimum Gasteiger partial charge on any atom is -0.490 e. The molecule has 0 bridgehead atoms. The van der Waals surface area contributed by atoms with Gasteiger partial charge in [-0.05, 0) is 236 Å². The van der Waals surface area contributed by atoms with Crippen molar-refractivity contribution in [1.29, 1.82) is 0 Å². The van der Waals surface area contributed by atoms with E-state index in [0.717, 1.165) is 113 Å². The van der Waals surface area contributed by atoms with Crippen LogP contribution in [-0.2, 0) is 0 Å². The molecule has 6 N–H and O–H groups in total. The van der Waals surface area contributed by atoms with Crippen molar-refractivity contribution in [1.82, 2.24) is 20.4 Å². The summed E-state index contributed by atoms with van der Waals surface area (Å²) in [5.41, 5.74) is 5.67. The van der Waals surface area contributed by atoms with Gasteiger partial charge in [-0.25, -0.2) is 9.59 Å². The molecule has 86 heavy (non-hydrogen) atoms. The van der Waals surface area contributed by atoms with Gasteiger partial charge in [0.15, 0.2) is 0 Å². The van der Waals surface area contributed by atoms with Gasteiger partial charge in [0.25, 0.3) is 11.8 Å². The van der Waals surface area contributed by atoms with Gasteiger partial charge in [-0.2, -0.15) is 0 Å². The first-order chi connectivity index (χ1) is 41.8. The van der Waals surface area contributed by atoms with E-state index in [0.29, 0.717) is 56.9 Å². The van der Waals surface area contributed by atoms with Gasteiger partial charge < -0.3 is 60.6 Å². The molecule has 1 aliphatic carbocycles. The van der Waals surface area contributed by atoms with Gasteiger partial charge in [0.05, 0.1) is 0 Å². The van der Waals surface area contributed by atoms with Crippen LogP contribution < -0.4 is 50.8 Å². The monoisotopic (exact) mass is 1170 g/mol. The largest absolute Gasteiger partial charge is 0.490 e. The Morgan fingerprint density at radius 2 is 0.826 bits per heavy atom. The third kappa shape index (κ3) is 19.5. The molecule has 458 valence electrons. The van der Waals surface area contributed by atoms with Crippen molar-refractivity contribution in [2.24, 2.45) is 0 Å². The smallest absolute Gasteiger partial charge is 0.319 e.